The lowest BCUT2D eigenvalue weighted by Crippen LogP contribution is -2.29. The lowest BCUT2D eigenvalue weighted by Gasteiger charge is -2.22. The highest BCUT2D eigenvalue weighted by Gasteiger charge is 2.23. The molecule has 1 fully saturated rings. The van der Waals surface area contributed by atoms with E-state index >= 15 is 0 Å². The van der Waals surface area contributed by atoms with Crippen LogP contribution >= 0.6 is 0 Å². The van der Waals surface area contributed by atoms with Crippen molar-refractivity contribution < 1.29 is 14.3 Å². The maximum absolute atomic E-state index is 12.9. The summed E-state index contributed by atoms with van der Waals surface area (Å²) in [5, 5.41) is 2.88. The van der Waals surface area contributed by atoms with Crippen LogP contribution in [0.25, 0.3) is 0 Å². The van der Waals surface area contributed by atoms with E-state index in [0.29, 0.717) is 22.6 Å². The molecule has 0 atom stereocenters. The van der Waals surface area contributed by atoms with Gasteiger partial charge in [-0.15, -0.1) is 0 Å². The molecule has 1 N–H and O–H groups in total. The van der Waals surface area contributed by atoms with Crippen LogP contribution in [0.3, 0.4) is 0 Å². The minimum Gasteiger partial charge on any atom is -0.497 e. The van der Waals surface area contributed by atoms with E-state index in [1.807, 2.05) is 36.0 Å². The molecule has 1 heterocycles. The molecular weight excluding hydrogens is 342 g/mol. The molecule has 142 valence electrons. The van der Waals surface area contributed by atoms with Gasteiger partial charge in [0.05, 0.1) is 12.7 Å². The zero-order valence-corrected chi connectivity index (χ0v) is 16.0. The first-order valence-corrected chi connectivity index (χ1v) is 9.05. The standard InChI is InChI=1S/C21H25N3O3/c1-23(2)19-11-8-16(14-18(19)21(26)24-12-4-5-13-24)22-20(25)15-6-9-17(27-3)10-7-15/h6-11,14H,4-5,12-13H2,1-3H3,(H,22,25). The number of likely N-dealkylation sites (tertiary alicyclic amines) is 1. The van der Waals surface area contributed by atoms with E-state index in [-0.39, 0.29) is 11.8 Å². The molecule has 0 spiro atoms. The summed E-state index contributed by atoms with van der Waals surface area (Å²) in [7, 11) is 5.40. The van der Waals surface area contributed by atoms with E-state index < -0.39 is 0 Å². The number of carbonyl (C=O) groups is 2. The average Bonchev–Trinajstić information content (AvgIpc) is 3.22. The van der Waals surface area contributed by atoms with Crippen molar-refractivity contribution in [1.82, 2.24) is 4.90 Å². The number of rotatable bonds is 5. The molecule has 2 aromatic carbocycles. The smallest absolute Gasteiger partial charge is 0.256 e. The number of anilines is 2. The Morgan fingerprint density at radius 3 is 2.30 bits per heavy atom. The van der Waals surface area contributed by atoms with Gasteiger partial charge in [-0.05, 0) is 55.3 Å². The van der Waals surface area contributed by atoms with Gasteiger partial charge in [0.15, 0.2) is 0 Å². The molecule has 3 rings (SSSR count). The molecule has 0 bridgehead atoms. The number of carbonyl (C=O) groups excluding carboxylic acids is 2. The average molecular weight is 367 g/mol. The Bertz CT molecular complexity index is 825. The first kappa shape index (κ1) is 18.8. The number of nitrogens with one attached hydrogen (secondary N) is 1. The molecule has 0 aliphatic carbocycles. The summed E-state index contributed by atoms with van der Waals surface area (Å²) >= 11 is 0. The zero-order valence-electron chi connectivity index (χ0n) is 16.0. The lowest BCUT2D eigenvalue weighted by atomic mass is 10.1. The molecule has 0 radical (unpaired) electrons. The van der Waals surface area contributed by atoms with Crippen LogP contribution in [0.15, 0.2) is 42.5 Å². The minimum atomic E-state index is -0.227. The minimum absolute atomic E-state index is 0.0109. The monoisotopic (exact) mass is 367 g/mol. The highest BCUT2D eigenvalue weighted by Crippen LogP contribution is 2.26. The molecular formula is C21H25N3O3. The summed E-state index contributed by atoms with van der Waals surface area (Å²) in [4.78, 5) is 29.2. The van der Waals surface area contributed by atoms with Gasteiger partial charge >= 0.3 is 0 Å². The summed E-state index contributed by atoms with van der Waals surface area (Å²) in [5.74, 6) is 0.479. The zero-order chi connectivity index (χ0) is 19.4. The van der Waals surface area contributed by atoms with Crippen molar-refractivity contribution in [3.8, 4) is 5.75 Å². The SMILES string of the molecule is COc1ccc(C(=O)Nc2ccc(N(C)C)c(C(=O)N3CCCC3)c2)cc1. The molecule has 6 nitrogen and oxygen atoms in total. The van der Waals surface area contributed by atoms with Crippen molar-refractivity contribution in [1.29, 1.82) is 0 Å². The molecule has 1 saturated heterocycles. The van der Waals surface area contributed by atoms with Crippen LogP contribution in [0.5, 0.6) is 5.75 Å². The maximum atomic E-state index is 12.9. The number of hydrogen-bond donors (Lipinski definition) is 1. The Morgan fingerprint density at radius 1 is 1.04 bits per heavy atom. The van der Waals surface area contributed by atoms with Crippen LogP contribution in [-0.2, 0) is 0 Å². The molecule has 0 saturated carbocycles. The highest BCUT2D eigenvalue weighted by atomic mass is 16.5. The largest absolute Gasteiger partial charge is 0.497 e. The van der Waals surface area contributed by atoms with Gasteiger partial charge in [-0.3, -0.25) is 9.59 Å². The van der Waals surface area contributed by atoms with Crippen LogP contribution < -0.4 is 15.0 Å². The van der Waals surface area contributed by atoms with Crippen molar-refractivity contribution in [2.45, 2.75) is 12.8 Å². The van der Waals surface area contributed by atoms with Crippen molar-refractivity contribution in [2.75, 3.05) is 44.5 Å². The number of benzene rings is 2. The summed E-state index contributed by atoms with van der Waals surface area (Å²) in [6.45, 7) is 1.57. The Morgan fingerprint density at radius 2 is 1.70 bits per heavy atom. The summed E-state index contributed by atoms with van der Waals surface area (Å²) in [6, 6.07) is 12.3. The maximum Gasteiger partial charge on any atom is 0.256 e. The Balaban J connectivity index is 1.83. The van der Waals surface area contributed by atoms with E-state index in [1.54, 1.807) is 37.4 Å². The fourth-order valence-electron chi connectivity index (χ4n) is 3.21. The summed E-state index contributed by atoms with van der Waals surface area (Å²) < 4.78 is 5.12. The van der Waals surface area contributed by atoms with Gasteiger partial charge < -0.3 is 19.9 Å². The van der Waals surface area contributed by atoms with Gasteiger partial charge in [-0.25, -0.2) is 0 Å². The third-order valence-electron chi connectivity index (χ3n) is 4.71. The molecule has 0 unspecified atom stereocenters. The van der Waals surface area contributed by atoms with Gasteiger partial charge in [0.1, 0.15) is 5.75 Å². The van der Waals surface area contributed by atoms with Crippen LogP contribution in [0.4, 0.5) is 11.4 Å². The number of hydrogen-bond acceptors (Lipinski definition) is 4. The summed E-state index contributed by atoms with van der Waals surface area (Å²) in [5.41, 5.74) is 2.58. The van der Waals surface area contributed by atoms with E-state index in [2.05, 4.69) is 5.32 Å². The van der Waals surface area contributed by atoms with E-state index in [4.69, 9.17) is 4.74 Å². The number of methoxy groups -OCH3 is 1. The van der Waals surface area contributed by atoms with E-state index in [1.165, 1.54) is 0 Å². The van der Waals surface area contributed by atoms with Crippen molar-refractivity contribution in [2.24, 2.45) is 0 Å². The molecule has 0 aromatic heterocycles. The molecule has 27 heavy (non-hydrogen) atoms. The molecule has 6 heteroatoms. The second-order valence-electron chi connectivity index (χ2n) is 6.81. The molecule has 1 aliphatic heterocycles. The predicted octanol–water partition coefficient (Wildman–Crippen LogP) is 3.25. The second kappa shape index (κ2) is 8.12. The Kier molecular flexibility index (Phi) is 5.64. The van der Waals surface area contributed by atoms with E-state index in [0.717, 1.165) is 31.6 Å². The van der Waals surface area contributed by atoms with Crippen LogP contribution in [0, 0.1) is 0 Å². The van der Waals surface area contributed by atoms with Crippen LogP contribution in [0.2, 0.25) is 0 Å². The lowest BCUT2D eigenvalue weighted by molar-refractivity contribution is 0.0793. The topological polar surface area (TPSA) is 61.9 Å². The first-order valence-electron chi connectivity index (χ1n) is 9.05. The number of ether oxygens (including phenoxy) is 1. The van der Waals surface area contributed by atoms with Crippen molar-refractivity contribution in [3.05, 3.63) is 53.6 Å². The Hall–Kier alpha value is -3.02. The fraction of sp³-hybridized carbons (Fsp3) is 0.333. The fourth-order valence-corrected chi connectivity index (χ4v) is 3.21. The van der Waals surface area contributed by atoms with Crippen molar-refractivity contribution in [3.63, 3.8) is 0 Å². The quantitative estimate of drug-likeness (QED) is 0.881. The molecule has 2 aromatic rings. The van der Waals surface area contributed by atoms with Crippen LogP contribution in [-0.4, -0.2) is 51.0 Å². The van der Waals surface area contributed by atoms with Crippen molar-refractivity contribution >= 4 is 23.2 Å². The van der Waals surface area contributed by atoms with Gasteiger partial charge in [-0.1, -0.05) is 0 Å². The third kappa shape index (κ3) is 4.22. The third-order valence-corrected chi connectivity index (χ3v) is 4.71. The van der Waals surface area contributed by atoms with Gasteiger partial charge in [0.2, 0.25) is 0 Å². The number of amides is 2. The number of nitrogens with zero attached hydrogens (tertiary/aromatic N) is 2. The van der Waals surface area contributed by atoms with Crippen LogP contribution in [0.1, 0.15) is 33.6 Å². The Labute approximate surface area is 159 Å². The van der Waals surface area contributed by atoms with Gasteiger partial charge in [-0.2, -0.15) is 0 Å². The normalized spacial score (nSPS) is 13.4. The van der Waals surface area contributed by atoms with E-state index in [9.17, 15) is 9.59 Å². The predicted molar refractivity (Wildman–Crippen MR) is 107 cm³/mol. The summed E-state index contributed by atoms with van der Waals surface area (Å²) in [6.07, 6.45) is 2.08. The molecule has 2 amide bonds. The first-order chi connectivity index (χ1) is 13.0. The second-order valence-corrected chi connectivity index (χ2v) is 6.81. The van der Waals surface area contributed by atoms with Gasteiger partial charge in [0, 0.05) is 44.1 Å². The highest BCUT2D eigenvalue weighted by molar-refractivity contribution is 6.06. The molecule has 1 aliphatic rings. The van der Waals surface area contributed by atoms with Gasteiger partial charge in [0.25, 0.3) is 11.8 Å².